The highest BCUT2D eigenvalue weighted by molar-refractivity contribution is 5.94. The Morgan fingerprint density at radius 3 is 2.71 bits per heavy atom. The molecule has 1 saturated carbocycles. The number of aliphatic carboxylic acids is 1. The number of hydrogen-bond donors (Lipinski definition) is 2. The summed E-state index contributed by atoms with van der Waals surface area (Å²) in [5.41, 5.74) is 1.59. The van der Waals surface area contributed by atoms with Gasteiger partial charge in [-0.3, -0.25) is 9.59 Å². The second kappa shape index (κ2) is 9.42. The van der Waals surface area contributed by atoms with Crippen LogP contribution in [0.1, 0.15) is 57.4 Å². The first-order valence-corrected chi connectivity index (χ1v) is 8.85. The number of carbonyl (C=O) groups is 2. The fraction of sp³-hybridized carbons (Fsp3) is 0.579. The normalized spacial score (nSPS) is 16.5. The van der Waals surface area contributed by atoms with Crippen LogP contribution in [-0.4, -0.2) is 29.2 Å². The Balaban J connectivity index is 1.91. The topological polar surface area (TPSA) is 75.6 Å². The number of carboxylic acid groups (broad SMARTS) is 1. The van der Waals surface area contributed by atoms with Gasteiger partial charge in [0.1, 0.15) is 6.10 Å². The van der Waals surface area contributed by atoms with Gasteiger partial charge in [-0.1, -0.05) is 38.3 Å². The monoisotopic (exact) mass is 333 g/mol. The van der Waals surface area contributed by atoms with Gasteiger partial charge in [0.05, 0.1) is 6.10 Å². The van der Waals surface area contributed by atoms with Crippen molar-refractivity contribution >= 4 is 17.6 Å². The number of carboxylic acids is 1. The summed E-state index contributed by atoms with van der Waals surface area (Å²) in [6.45, 7) is 1.95. The van der Waals surface area contributed by atoms with Crippen LogP contribution in [0.25, 0.3) is 0 Å². The van der Waals surface area contributed by atoms with Crippen LogP contribution in [0.4, 0.5) is 5.69 Å². The summed E-state index contributed by atoms with van der Waals surface area (Å²) in [6.07, 6.45) is 6.61. The van der Waals surface area contributed by atoms with Gasteiger partial charge < -0.3 is 15.2 Å². The van der Waals surface area contributed by atoms with Gasteiger partial charge in [0.2, 0.25) is 0 Å². The average Bonchev–Trinajstić information content (AvgIpc) is 2.59. The molecule has 0 spiro atoms. The molecule has 5 heteroatoms. The first-order valence-electron chi connectivity index (χ1n) is 8.85. The minimum atomic E-state index is -0.823. The van der Waals surface area contributed by atoms with Crippen molar-refractivity contribution in [2.45, 2.75) is 70.5 Å². The highest BCUT2D eigenvalue weighted by Gasteiger charge is 2.23. The zero-order chi connectivity index (χ0) is 17.4. The lowest BCUT2D eigenvalue weighted by molar-refractivity contribution is -0.137. The smallest absolute Gasteiger partial charge is 0.303 e. The maximum absolute atomic E-state index is 12.5. The predicted molar refractivity (Wildman–Crippen MR) is 93.1 cm³/mol. The molecule has 1 aromatic carbocycles. The molecule has 0 bridgehead atoms. The van der Waals surface area contributed by atoms with Crippen molar-refractivity contribution in [3.8, 4) is 0 Å². The SMILES string of the molecule is CCC(OC1CCCCC1)C(=O)Nc1cccc(CCC(=O)O)c1. The molecule has 0 aliphatic heterocycles. The Bertz CT molecular complexity index is 552. The van der Waals surface area contributed by atoms with Crippen LogP contribution in [0.15, 0.2) is 24.3 Å². The summed E-state index contributed by atoms with van der Waals surface area (Å²) in [6, 6.07) is 7.34. The molecule has 0 aromatic heterocycles. The maximum Gasteiger partial charge on any atom is 0.303 e. The summed E-state index contributed by atoms with van der Waals surface area (Å²) in [7, 11) is 0. The molecule has 1 amide bonds. The van der Waals surface area contributed by atoms with Gasteiger partial charge >= 0.3 is 5.97 Å². The van der Waals surface area contributed by atoms with E-state index in [4.69, 9.17) is 9.84 Å². The quantitative estimate of drug-likeness (QED) is 0.759. The van der Waals surface area contributed by atoms with Gasteiger partial charge in [-0.15, -0.1) is 0 Å². The van der Waals surface area contributed by atoms with Crippen LogP contribution in [0.2, 0.25) is 0 Å². The van der Waals surface area contributed by atoms with Crippen molar-refractivity contribution < 1.29 is 19.4 Å². The number of amides is 1. The van der Waals surface area contributed by atoms with Crippen LogP contribution >= 0.6 is 0 Å². The average molecular weight is 333 g/mol. The largest absolute Gasteiger partial charge is 0.481 e. The van der Waals surface area contributed by atoms with E-state index in [0.29, 0.717) is 18.5 Å². The van der Waals surface area contributed by atoms with Crippen molar-refractivity contribution in [2.75, 3.05) is 5.32 Å². The fourth-order valence-electron chi connectivity index (χ4n) is 3.06. The lowest BCUT2D eigenvalue weighted by Crippen LogP contribution is -2.34. The van der Waals surface area contributed by atoms with Crippen molar-refractivity contribution in [3.63, 3.8) is 0 Å². The Labute approximate surface area is 143 Å². The van der Waals surface area contributed by atoms with E-state index in [1.54, 1.807) is 0 Å². The number of rotatable bonds is 8. The first kappa shape index (κ1) is 18.5. The Hall–Kier alpha value is -1.88. The van der Waals surface area contributed by atoms with Gasteiger partial charge in [0, 0.05) is 12.1 Å². The lowest BCUT2D eigenvalue weighted by atomic mass is 9.97. The molecule has 0 radical (unpaired) electrons. The number of aryl methyl sites for hydroxylation is 1. The van der Waals surface area contributed by atoms with Crippen LogP contribution in [0, 0.1) is 0 Å². The molecule has 1 aliphatic carbocycles. The molecule has 1 unspecified atom stereocenters. The van der Waals surface area contributed by atoms with Crippen LogP contribution in [-0.2, 0) is 20.7 Å². The second-order valence-electron chi connectivity index (χ2n) is 6.38. The highest BCUT2D eigenvalue weighted by atomic mass is 16.5. The number of hydrogen-bond acceptors (Lipinski definition) is 3. The second-order valence-corrected chi connectivity index (χ2v) is 6.38. The van der Waals surface area contributed by atoms with E-state index in [0.717, 1.165) is 18.4 Å². The van der Waals surface area contributed by atoms with E-state index in [2.05, 4.69) is 5.32 Å². The Morgan fingerprint density at radius 1 is 1.29 bits per heavy atom. The Morgan fingerprint density at radius 2 is 2.04 bits per heavy atom. The van der Waals surface area contributed by atoms with Gasteiger partial charge in [0.25, 0.3) is 5.91 Å². The van der Waals surface area contributed by atoms with E-state index >= 15 is 0 Å². The van der Waals surface area contributed by atoms with Crippen LogP contribution in [0.5, 0.6) is 0 Å². The van der Waals surface area contributed by atoms with Crippen LogP contribution < -0.4 is 5.32 Å². The van der Waals surface area contributed by atoms with E-state index in [-0.39, 0.29) is 18.4 Å². The van der Waals surface area contributed by atoms with Crippen molar-refractivity contribution in [1.82, 2.24) is 0 Å². The maximum atomic E-state index is 12.5. The molecule has 132 valence electrons. The van der Waals surface area contributed by atoms with Gasteiger partial charge in [-0.2, -0.15) is 0 Å². The van der Waals surface area contributed by atoms with Gasteiger partial charge in [-0.25, -0.2) is 0 Å². The van der Waals surface area contributed by atoms with Crippen molar-refractivity contribution in [1.29, 1.82) is 0 Å². The minimum Gasteiger partial charge on any atom is -0.481 e. The van der Waals surface area contributed by atoms with E-state index < -0.39 is 12.1 Å². The molecular weight excluding hydrogens is 306 g/mol. The van der Waals surface area contributed by atoms with E-state index in [9.17, 15) is 9.59 Å². The highest BCUT2D eigenvalue weighted by Crippen LogP contribution is 2.23. The zero-order valence-corrected chi connectivity index (χ0v) is 14.3. The zero-order valence-electron chi connectivity index (χ0n) is 14.3. The summed E-state index contributed by atoms with van der Waals surface area (Å²) >= 11 is 0. The van der Waals surface area contributed by atoms with Crippen molar-refractivity contribution in [3.05, 3.63) is 29.8 Å². The first-order chi connectivity index (χ1) is 11.6. The molecule has 0 heterocycles. The minimum absolute atomic E-state index is 0.0831. The Kier molecular flexibility index (Phi) is 7.25. The summed E-state index contributed by atoms with van der Waals surface area (Å²) in [5, 5.41) is 11.7. The molecule has 2 rings (SSSR count). The summed E-state index contributed by atoms with van der Waals surface area (Å²) < 4.78 is 5.99. The molecule has 1 aromatic rings. The number of benzene rings is 1. The summed E-state index contributed by atoms with van der Waals surface area (Å²) in [5.74, 6) is -0.949. The third-order valence-corrected chi connectivity index (χ3v) is 4.39. The number of anilines is 1. The number of carbonyl (C=O) groups excluding carboxylic acids is 1. The summed E-state index contributed by atoms with van der Waals surface area (Å²) in [4.78, 5) is 23.1. The molecule has 1 atom stereocenters. The molecule has 24 heavy (non-hydrogen) atoms. The standard InChI is InChI=1S/C19H27NO4/c1-2-17(24-16-9-4-3-5-10-16)19(23)20-15-8-6-7-14(13-15)11-12-18(21)22/h6-8,13,16-17H,2-5,9-12H2,1H3,(H,20,23)(H,21,22). The van der Waals surface area contributed by atoms with E-state index in [1.807, 2.05) is 31.2 Å². The fourth-order valence-corrected chi connectivity index (χ4v) is 3.06. The molecular formula is C19H27NO4. The molecule has 1 aliphatic rings. The molecule has 1 fully saturated rings. The van der Waals surface area contributed by atoms with Crippen molar-refractivity contribution in [2.24, 2.45) is 0 Å². The number of ether oxygens (including phenoxy) is 1. The third kappa shape index (κ3) is 5.96. The third-order valence-electron chi connectivity index (χ3n) is 4.39. The van der Waals surface area contributed by atoms with Crippen LogP contribution in [0.3, 0.4) is 0 Å². The molecule has 0 saturated heterocycles. The molecule has 5 nitrogen and oxygen atoms in total. The predicted octanol–water partition coefficient (Wildman–Crippen LogP) is 3.77. The molecule has 2 N–H and O–H groups in total. The van der Waals surface area contributed by atoms with Gasteiger partial charge in [0.15, 0.2) is 0 Å². The van der Waals surface area contributed by atoms with Gasteiger partial charge in [-0.05, 0) is 43.4 Å². The van der Waals surface area contributed by atoms with E-state index in [1.165, 1.54) is 19.3 Å². The lowest BCUT2D eigenvalue weighted by Gasteiger charge is -2.26. The number of nitrogens with one attached hydrogen (secondary N) is 1.